The highest BCUT2D eigenvalue weighted by Gasteiger charge is 2.35. The first-order valence-electron chi connectivity index (χ1n) is 6.84. The van der Waals surface area contributed by atoms with Crippen LogP contribution >= 0.6 is 0 Å². The zero-order valence-corrected chi connectivity index (χ0v) is 12.2. The average molecular weight is 284 g/mol. The third-order valence-electron chi connectivity index (χ3n) is 4.05. The van der Waals surface area contributed by atoms with Crippen LogP contribution < -0.4 is 10.5 Å². The summed E-state index contributed by atoms with van der Waals surface area (Å²) in [5.74, 6) is -2.21. The summed E-state index contributed by atoms with van der Waals surface area (Å²) in [5.41, 5.74) is 6.50. The van der Waals surface area contributed by atoms with Gasteiger partial charge in [0, 0.05) is 25.1 Å². The maximum Gasteiger partial charge on any atom is 0.274 e. The molecule has 20 heavy (non-hydrogen) atoms. The van der Waals surface area contributed by atoms with Gasteiger partial charge in [-0.25, -0.2) is 8.78 Å². The van der Waals surface area contributed by atoms with Crippen LogP contribution in [-0.4, -0.2) is 32.1 Å². The van der Waals surface area contributed by atoms with Crippen molar-refractivity contribution in [2.45, 2.75) is 25.3 Å². The highest BCUT2D eigenvalue weighted by Crippen LogP contribution is 2.43. The first-order chi connectivity index (χ1) is 9.38. The van der Waals surface area contributed by atoms with E-state index in [2.05, 4.69) is 4.90 Å². The molecule has 2 N–H and O–H groups in total. The van der Waals surface area contributed by atoms with Crippen LogP contribution in [0.25, 0.3) is 0 Å². The number of benzene rings is 1. The Morgan fingerprint density at radius 1 is 1.45 bits per heavy atom. The van der Waals surface area contributed by atoms with Crippen molar-refractivity contribution < 1.29 is 13.5 Å². The molecule has 0 aliphatic carbocycles. The van der Waals surface area contributed by atoms with Gasteiger partial charge in [0.1, 0.15) is 5.75 Å². The zero-order chi connectivity index (χ0) is 14.9. The molecule has 1 aliphatic heterocycles. The predicted molar refractivity (Wildman–Crippen MR) is 75.1 cm³/mol. The van der Waals surface area contributed by atoms with Crippen LogP contribution in [0.1, 0.15) is 30.5 Å². The van der Waals surface area contributed by atoms with Crippen LogP contribution in [0.4, 0.5) is 8.78 Å². The lowest BCUT2D eigenvalue weighted by atomic mass is 9.95. The van der Waals surface area contributed by atoms with Crippen molar-refractivity contribution in [1.82, 2.24) is 4.90 Å². The second-order valence-corrected chi connectivity index (χ2v) is 5.61. The van der Waals surface area contributed by atoms with E-state index in [9.17, 15) is 8.78 Å². The molecule has 3 nitrogen and oxygen atoms in total. The van der Waals surface area contributed by atoms with Crippen LogP contribution in [-0.2, 0) is 5.92 Å². The van der Waals surface area contributed by atoms with Gasteiger partial charge in [-0.3, -0.25) is 4.90 Å². The van der Waals surface area contributed by atoms with E-state index < -0.39 is 5.92 Å². The van der Waals surface area contributed by atoms with E-state index in [4.69, 9.17) is 10.5 Å². The van der Waals surface area contributed by atoms with E-state index in [1.807, 2.05) is 13.1 Å². The van der Waals surface area contributed by atoms with Gasteiger partial charge in [0.05, 0.1) is 12.7 Å². The van der Waals surface area contributed by atoms with Crippen LogP contribution in [0.2, 0.25) is 0 Å². The van der Waals surface area contributed by atoms with Gasteiger partial charge < -0.3 is 10.5 Å². The maximum atomic E-state index is 13.7. The van der Waals surface area contributed by atoms with E-state index in [1.165, 1.54) is 13.2 Å². The third kappa shape index (κ3) is 2.79. The van der Waals surface area contributed by atoms with Crippen molar-refractivity contribution in [2.75, 3.05) is 27.2 Å². The van der Waals surface area contributed by atoms with Gasteiger partial charge in [-0.05, 0) is 32.0 Å². The molecule has 5 heteroatoms. The summed E-state index contributed by atoms with van der Waals surface area (Å²) in [5, 5.41) is 0. The molecule has 0 spiro atoms. The Hall–Kier alpha value is -1.20. The lowest BCUT2D eigenvalue weighted by molar-refractivity contribution is 0.0148. The number of para-hydroxylation sites is 1. The molecule has 0 amide bonds. The second-order valence-electron chi connectivity index (χ2n) is 5.61. The summed E-state index contributed by atoms with van der Waals surface area (Å²) in [6.45, 7) is 2.40. The van der Waals surface area contributed by atoms with Crippen molar-refractivity contribution in [1.29, 1.82) is 0 Å². The van der Waals surface area contributed by atoms with Gasteiger partial charge >= 0.3 is 0 Å². The molecule has 0 aromatic heterocycles. The van der Waals surface area contributed by atoms with Gasteiger partial charge in [-0.1, -0.05) is 12.1 Å². The summed E-state index contributed by atoms with van der Waals surface area (Å²) in [7, 11) is 3.44. The Bertz CT molecular complexity index is 473. The smallest absolute Gasteiger partial charge is 0.274 e. The molecule has 0 radical (unpaired) electrons. The average Bonchev–Trinajstić information content (AvgIpc) is 2.78. The van der Waals surface area contributed by atoms with E-state index in [0.29, 0.717) is 18.2 Å². The number of nitrogens with zero attached hydrogens (tertiary/aromatic N) is 1. The van der Waals surface area contributed by atoms with Crippen molar-refractivity contribution in [2.24, 2.45) is 11.7 Å². The monoisotopic (exact) mass is 284 g/mol. The largest absolute Gasteiger partial charge is 0.496 e. The first kappa shape index (κ1) is 15.2. The molecular formula is C15H22F2N2O. The molecule has 2 atom stereocenters. The van der Waals surface area contributed by atoms with Crippen LogP contribution in [0.15, 0.2) is 18.2 Å². The van der Waals surface area contributed by atoms with Crippen molar-refractivity contribution in [3.8, 4) is 5.75 Å². The highest BCUT2D eigenvalue weighted by atomic mass is 19.3. The number of alkyl halides is 2. The Morgan fingerprint density at radius 3 is 2.65 bits per heavy atom. The molecule has 2 unspecified atom stereocenters. The fourth-order valence-corrected chi connectivity index (χ4v) is 3.03. The first-order valence-corrected chi connectivity index (χ1v) is 6.84. The Morgan fingerprint density at radius 2 is 2.15 bits per heavy atom. The molecule has 1 fully saturated rings. The number of methoxy groups -OCH3 is 1. The number of rotatable bonds is 4. The van der Waals surface area contributed by atoms with E-state index in [1.54, 1.807) is 6.07 Å². The summed E-state index contributed by atoms with van der Waals surface area (Å²) >= 11 is 0. The molecule has 2 rings (SSSR count). The Balaban J connectivity index is 2.42. The Labute approximate surface area is 118 Å². The molecule has 1 aromatic carbocycles. The zero-order valence-electron chi connectivity index (χ0n) is 12.2. The molecule has 1 aliphatic rings. The van der Waals surface area contributed by atoms with Gasteiger partial charge in [-0.2, -0.15) is 0 Å². The van der Waals surface area contributed by atoms with E-state index in [-0.39, 0.29) is 11.6 Å². The number of hydrogen-bond donors (Lipinski definition) is 1. The van der Waals surface area contributed by atoms with Crippen LogP contribution in [0, 0.1) is 5.92 Å². The number of ether oxygens (including phenoxy) is 1. The normalized spacial score (nSPS) is 24.1. The van der Waals surface area contributed by atoms with Gasteiger partial charge in [-0.15, -0.1) is 0 Å². The highest BCUT2D eigenvalue weighted by molar-refractivity contribution is 5.45. The standard InChI is InChI=1S/C15H22F2N2O/c1-15(16,17)12-6-4-5-11(14(12)20-3)13-7-10(8-18)9-19(13)2/h4-6,10,13H,7-9,18H2,1-3H3. The number of hydrogen-bond acceptors (Lipinski definition) is 3. The number of nitrogens with two attached hydrogens (primary N) is 1. The van der Waals surface area contributed by atoms with E-state index >= 15 is 0 Å². The molecule has 0 bridgehead atoms. The predicted octanol–water partition coefficient (Wildman–Crippen LogP) is 2.76. The third-order valence-corrected chi connectivity index (χ3v) is 4.05. The minimum Gasteiger partial charge on any atom is -0.496 e. The van der Waals surface area contributed by atoms with Crippen molar-refractivity contribution in [3.63, 3.8) is 0 Å². The summed E-state index contributed by atoms with van der Waals surface area (Å²) < 4.78 is 32.7. The van der Waals surface area contributed by atoms with Crippen LogP contribution in [0.5, 0.6) is 5.75 Å². The number of likely N-dealkylation sites (tertiary alicyclic amines) is 1. The minimum absolute atomic E-state index is 0.0536. The summed E-state index contributed by atoms with van der Waals surface area (Å²) in [6.07, 6.45) is 0.877. The molecule has 112 valence electrons. The summed E-state index contributed by atoms with van der Waals surface area (Å²) in [6, 6.07) is 5.06. The SMILES string of the molecule is COc1c(C2CC(CN)CN2C)cccc1C(C)(F)F. The molecular weight excluding hydrogens is 262 g/mol. The van der Waals surface area contributed by atoms with Crippen molar-refractivity contribution >= 4 is 0 Å². The lowest BCUT2D eigenvalue weighted by Crippen LogP contribution is -2.21. The Kier molecular flexibility index (Phi) is 4.30. The van der Waals surface area contributed by atoms with Crippen LogP contribution in [0.3, 0.4) is 0 Å². The topological polar surface area (TPSA) is 38.5 Å². The maximum absolute atomic E-state index is 13.7. The minimum atomic E-state index is -2.91. The molecule has 1 heterocycles. The van der Waals surface area contributed by atoms with Gasteiger partial charge in [0.2, 0.25) is 0 Å². The number of halogens is 2. The van der Waals surface area contributed by atoms with Crippen molar-refractivity contribution in [3.05, 3.63) is 29.3 Å². The van der Waals surface area contributed by atoms with Gasteiger partial charge in [0.25, 0.3) is 5.92 Å². The second kappa shape index (κ2) is 5.66. The molecule has 1 saturated heterocycles. The fourth-order valence-electron chi connectivity index (χ4n) is 3.03. The summed E-state index contributed by atoms with van der Waals surface area (Å²) in [4.78, 5) is 2.16. The fraction of sp³-hybridized carbons (Fsp3) is 0.600. The molecule has 0 saturated carbocycles. The molecule has 1 aromatic rings. The van der Waals surface area contributed by atoms with Gasteiger partial charge in [0.15, 0.2) is 0 Å². The lowest BCUT2D eigenvalue weighted by Gasteiger charge is -2.24. The quantitative estimate of drug-likeness (QED) is 0.924. The van der Waals surface area contributed by atoms with E-state index in [0.717, 1.165) is 25.5 Å².